The van der Waals surface area contributed by atoms with Gasteiger partial charge in [0.15, 0.2) is 0 Å². The molecule has 136 valence electrons. The van der Waals surface area contributed by atoms with Crippen molar-refractivity contribution in [1.82, 2.24) is 9.62 Å². The molecule has 0 radical (unpaired) electrons. The van der Waals surface area contributed by atoms with Gasteiger partial charge in [0.2, 0.25) is 5.91 Å². The SMILES string of the molecule is Cc1ccc(C)c([C@H](C)NC(=O)CN2C(=O)c3ccccc3S2(=O)=O)c1. The fourth-order valence-corrected chi connectivity index (χ4v) is 4.63. The Morgan fingerprint density at radius 2 is 1.85 bits per heavy atom. The third kappa shape index (κ3) is 3.10. The third-order valence-electron chi connectivity index (χ3n) is 4.48. The van der Waals surface area contributed by atoms with E-state index in [1.54, 1.807) is 12.1 Å². The minimum atomic E-state index is -3.98. The van der Waals surface area contributed by atoms with Gasteiger partial charge in [-0.15, -0.1) is 0 Å². The summed E-state index contributed by atoms with van der Waals surface area (Å²) in [5, 5.41) is 2.78. The zero-order valence-corrected chi connectivity index (χ0v) is 15.6. The lowest BCUT2D eigenvalue weighted by Gasteiger charge is -2.20. The molecule has 2 aromatic carbocycles. The number of fused-ring (bicyclic) bond motifs is 1. The molecular weight excluding hydrogens is 352 g/mol. The van der Waals surface area contributed by atoms with E-state index < -0.39 is 28.4 Å². The highest BCUT2D eigenvalue weighted by atomic mass is 32.2. The molecule has 0 aliphatic carbocycles. The van der Waals surface area contributed by atoms with E-state index in [4.69, 9.17) is 0 Å². The molecule has 0 bridgehead atoms. The summed E-state index contributed by atoms with van der Waals surface area (Å²) in [7, 11) is -3.98. The Balaban J connectivity index is 1.77. The third-order valence-corrected chi connectivity index (χ3v) is 6.26. The molecule has 26 heavy (non-hydrogen) atoms. The first-order valence-electron chi connectivity index (χ1n) is 8.24. The van der Waals surface area contributed by atoms with Gasteiger partial charge < -0.3 is 5.32 Å². The molecule has 0 saturated carbocycles. The molecule has 2 aromatic rings. The van der Waals surface area contributed by atoms with Gasteiger partial charge >= 0.3 is 0 Å². The molecule has 1 aliphatic heterocycles. The summed E-state index contributed by atoms with van der Waals surface area (Å²) < 4.78 is 25.6. The van der Waals surface area contributed by atoms with Crippen LogP contribution in [0.4, 0.5) is 0 Å². The maximum absolute atomic E-state index is 12.5. The van der Waals surface area contributed by atoms with E-state index in [-0.39, 0.29) is 16.5 Å². The average Bonchev–Trinajstić information content (AvgIpc) is 2.78. The van der Waals surface area contributed by atoms with Crippen molar-refractivity contribution >= 4 is 21.8 Å². The number of benzene rings is 2. The van der Waals surface area contributed by atoms with Crippen LogP contribution in [0.5, 0.6) is 0 Å². The Morgan fingerprint density at radius 3 is 2.54 bits per heavy atom. The standard InChI is InChI=1S/C19H20N2O4S/c1-12-8-9-13(2)16(10-12)14(3)20-18(22)11-21-19(23)15-6-4-5-7-17(15)26(21,24)25/h4-10,14H,11H2,1-3H3,(H,20,22)/t14-/m0/s1. The minimum Gasteiger partial charge on any atom is -0.348 e. The Hall–Kier alpha value is -2.67. The van der Waals surface area contributed by atoms with Crippen molar-refractivity contribution in [3.63, 3.8) is 0 Å². The summed E-state index contributed by atoms with van der Waals surface area (Å²) in [5.74, 6) is -1.20. The van der Waals surface area contributed by atoms with E-state index in [9.17, 15) is 18.0 Å². The van der Waals surface area contributed by atoms with Crippen LogP contribution >= 0.6 is 0 Å². The summed E-state index contributed by atoms with van der Waals surface area (Å²) in [6.45, 7) is 5.20. The highest BCUT2D eigenvalue weighted by Crippen LogP contribution is 2.29. The number of hydrogen-bond donors (Lipinski definition) is 1. The quantitative estimate of drug-likeness (QED) is 0.893. The Bertz CT molecular complexity index is 998. The van der Waals surface area contributed by atoms with Crippen LogP contribution in [0.3, 0.4) is 0 Å². The van der Waals surface area contributed by atoms with Gasteiger partial charge in [0, 0.05) is 0 Å². The molecule has 7 heteroatoms. The van der Waals surface area contributed by atoms with Crippen molar-refractivity contribution in [2.24, 2.45) is 0 Å². The molecule has 0 fully saturated rings. The van der Waals surface area contributed by atoms with Gasteiger partial charge in [-0.2, -0.15) is 0 Å². The monoisotopic (exact) mass is 372 g/mol. The largest absolute Gasteiger partial charge is 0.348 e. The van der Waals surface area contributed by atoms with Crippen LogP contribution in [-0.4, -0.2) is 31.1 Å². The second kappa shape index (κ2) is 6.57. The van der Waals surface area contributed by atoms with Crippen molar-refractivity contribution in [3.8, 4) is 0 Å². The molecule has 2 amide bonds. The first-order chi connectivity index (χ1) is 12.2. The van der Waals surface area contributed by atoms with Crippen LogP contribution in [0.15, 0.2) is 47.4 Å². The van der Waals surface area contributed by atoms with Gasteiger partial charge in [-0.3, -0.25) is 9.59 Å². The van der Waals surface area contributed by atoms with E-state index >= 15 is 0 Å². The first kappa shape index (κ1) is 18.1. The maximum Gasteiger partial charge on any atom is 0.269 e. The number of nitrogens with zero attached hydrogens (tertiary/aromatic N) is 1. The number of rotatable bonds is 4. The Morgan fingerprint density at radius 1 is 1.15 bits per heavy atom. The van der Waals surface area contributed by atoms with Crippen LogP contribution in [-0.2, 0) is 14.8 Å². The summed E-state index contributed by atoms with van der Waals surface area (Å²) in [6.07, 6.45) is 0. The van der Waals surface area contributed by atoms with Gasteiger partial charge in [-0.05, 0) is 44.0 Å². The number of carbonyl (C=O) groups excluding carboxylic acids is 2. The number of amides is 2. The zero-order valence-electron chi connectivity index (χ0n) is 14.8. The second-order valence-corrected chi connectivity index (χ2v) is 8.29. The van der Waals surface area contributed by atoms with Gasteiger partial charge in [0.25, 0.3) is 15.9 Å². The molecule has 0 aromatic heterocycles. The zero-order chi connectivity index (χ0) is 19.1. The molecule has 6 nitrogen and oxygen atoms in total. The summed E-state index contributed by atoms with van der Waals surface area (Å²) >= 11 is 0. The van der Waals surface area contributed by atoms with Crippen LogP contribution < -0.4 is 5.32 Å². The number of carbonyl (C=O) groups is 2. The van der Waals surface area contributed by atoms with E-state index in [2.05, 4.69) is 5.32 Å². The molecule has 3 rings (SSSR count). The molecule has 1 N–H and O–H groups in total. The topological polar surface area (TPSA) is 83.6 Å². The van der Waals surface area contributed by atoms with E-state index in [1.807, 2.05) is 39.0 Å². The van der Waals surface area contributed by atoms with Crippen molar-refractivity contribution in [1.29, 1.82) is 0 Å². The van der Waals surface area contributed by atoms with E-state index in [0.29, 0.717) is 4.31 Å². The predicted octanol–water partition coefficient (Wildman–Crippen LogP) is 2.33. The Kier molecular flexibility index (Phi) is 4.58. The Labute approximate surface area is 152 Å². The highest BCUT2D eigenvalue weighted by Gasteiger charge is 2.41. The number of nitrogens with one attached hydrogen (secondary N) is 1. The molecular formula is C19H20N2O4S. The lowest BCUT2D eigenvalue weighted by atomic mass is 10.00. The smallest absolute Gasteiger partial charge is 0.269 e. The molecule has 0 saturated heterocycles. The van der Waals surface area contributed by atoms with Gasteiger partial charge in [-0.25, -0.2) is 12.7 Å². The van der Waals surface area contributed by atoms with Crippen molar-refractivity contribution < 1.29 is 18.0 Å². The predicted molar refractivity (Wildman–Crippen MR) is 97.1 cm³/mol. The van der Waals surface area contributed by atoms with Crippen molar-refractivity contribution in [3.05, 3.63) is 64.7 Å². The number of aryl methyl sites for hydroxylation is 2. The molecule has 0 unspecified atom stereocenters. The van der Waals surface area contributed by atoms with E-state index in [1.165, 1.54) is 12.1 Å². The van der Waals surface area contributed by atoms with Gasteiger partial charge in [0.05, 0.1) is 11.6 Å². The number of sulfonamides is 1. The van der Waals surface area contributed by atoms with Crippen LogP contribution in [0, 0.1) is 13.8 Å². The van der Waals surface area contributed by atoms with Gasteiger partial charge in [0.1, 0.15) is 11.4 Å². The summed E-state index contributed by atoms with van der Waals surface area (Å²) in [6, 6.07) is 11.6. The lowest BCUT2D eigenvalue weighted by molar-refractivity contribution is -0.121. The molecule has 1 heterocycles. The average molecular weight is 372 g/mol. The fraction of sp³-hybridized carbons (Fsp3) is 0.263. The van der Waals surface area contributed by atoms with Crippen molar-refractivity contribution in [2.45, 2.75) is 31.7 Å². The maximum atomic E-state index is 12.5. The number of hydrogen-bond acceptors (Lipinski definition) is 4. The minimum absolute atomic E-state index is 0.0552. The second-order valence-electron chi connectivity index (χ2n) is 6.46. The highest BCUT2D eigenvalue weighted by molar-refractivity contribution is 7.90. The first-order valence-corrected chi connectivity index (χ1v) is 9.68. The fourth-order valence-electron chi connectivity index (χ4n) is 3.11. The summed E-state index contributed by atoms with van der Waals surface area (Å²) in [5.41, 5.74) is 3.15. The van der Waals surface area contributed by atoms with Gasteiger partial charge in [-0.1, -0.05) is 35.9 Å². The van der Waals surface area contributed by atoms with Crippen LogP contribution in [0.1, 0.15) is 40.0 Å². The van der Waals surface area contributed by atoms with Crippen LogP contribution in [0.2, 0.25) is 0 Å². The molecule has 1 aliphatic rings. The molecule has 0 spiro atoms. The van der Waals surface area contributed by atoms with Crippen LogP contribution in [0.25, 0.3) is 0 Å². The van der Waals surface area contributed by atoms with E-state index in [0.717, 1.165) is 16.7 Å². The van der Waals surface area contributed by atoms with Crippen molar-refractivity contribution in [2.75, 3.05) is 6.54 Å². The lowest BCUT2D eigenvalue weighted by Crippen LogP contribution is -2.41. The molecule has 1 atom stereocenters. The normalized spacial score (nSPS) is 16.3. The summed E-state index contributed by atoms with van der Waals surface area (Å²) in [4.78, 5) is 24.7.